The van der Waals surface area contributed by atoms with Gasteiger partial charge in [-0.25, -0.2) is 8.42 Å². The zero-order valence-corrected chi connectivity index (χ0v) is 13.8. The second-order valence-corrected chi connectivity index (χ2v) is 8.78. The van der Waals surface area contributed by atoms with E-state index in [1.807, 2.05) is 6.92 Å². The zero-order valence-electron chi connectivity index (χ0n) is 13.0. The van der Waals surface area contributed by atoms with Gasteiger partial charge in [-0.3, -0.25) is 10.3 Å². The molecule has 0 radical (unpaired) electrons. The highest BCUT2D eigenvalue weighted by Crippen LogP contribution is 2.21. The van der Waals surface area contributed by atoms with Crippen LogP contribution >= 0.6 is 0 Å². The van der Waals surface area contributed by atoms with Crippen LogP contribution < -0.4 is 5.73 Å². The van der Waals surface area contributed by atoms with Gasteiger partial charge in [0, 0.05) is 26.2 Å². The molecule has 0 saturated carbocycles. The summed E-state index contributed by atoms with van der Waals surface area (Å²) in [4.78, 5) is 2.05. The van der Waals surface area contributed by atoms with Crippen LogP contribution in [0.5, 0.6) is 0 Å². The van der Waals surface area contributed by atoms with Crippen LogP contribution in [-0.4, -0.2) is 61.4 Å². The lowest BCUT2D eigenvalue weighted by Gasteiger charge is -2.37. The highest BCUT2D eigenvalue weighted by Gasteiger charge is 2.30. The second kappa shape index (κ2) is 6.41. The van der Waals surface area contributed by atoms with E-state index in [2.05, 4.69) is 25.7 Å². The molecule has 1 atom stereocenters. The molecule has 1 saturated heterocycles. The molecule has 0 amide bonds. The third-order valence-corrected chi connectivity index (χ3v) is 5.65. The lowest BCUT2D eigenvalue weighted by Crippen LogP contribution is -2.54. The van der Waals surface area contributed by atoms with Gasteiger partial charge in [0.1, 0.15) is 5.84 Å². The van der Waals surface area contributed by atoms with Crippen LogP contribution in [0.1, 0.15) is 34.1 Å². The monoisotopic (exact) mass is 304 g/mol. The second-order valence-electron chi connectivity index (χ2n) is 6.69. The predicted octanol–water partition coefficient (Wildman–Crippen LogP) is 0.694. The Morgan fingerprint density at radius 1 is 1.25 bits per heavy atom. The molecule has 1 aliphatic heterocycles. The van der Waals surface area contributed by atoms with E-state index >= 15 is 0 Å². The van der Waals surface area contributed by atoms with Crippen molar-refractivity contribution in [2.75, 3.05) is 31.9 Å². The van der Waals surface area contributed by atoms with Crippen molar-refractivity contribution in [3.05, 3.63) is 0 Å². The van der Waals surface area contributed by atoms with E-state index in [1.165, 1.54) is 0 Å². The van der Waals surface area contributed by atoms with Crippen molar-refractivity contribution >= 4 is 15.9 Å². The van der Waals surface area contributed by atoms with Gasteiger partial charge in [-0.1, -0.05) is 20.8 Å². The van der Waals surface area contributed by atoms with Crippen molar-refractivity contribution in [1.29, 1.82) is 5.41 Å². The van der Waals surface area contributed by atoms with Gasteiger partial charge < -0.3 is 5.73 Å². The summed E-state index contributed by atoms with van der Waals surface area (Å²) in [6, 6.07) is -0.116. The molecule has 0 aromatic rings. The Labute approximate surface area is 122 Å². The minimum Gasteiger partial charge on any atom is -0.386 e. The van der Waals surface area contributed by atoms with Crippen LogP contribution in [0.3, 0.4) is 0 Å². The van der Waals surface area contributed by atoms with Gasteiger partial charge in [0.15, 0.2) is 0 Å². The number of nitrogens with zero attached hydrogens (tertiary/aromatic N) is 2. The number of piperazine rings is 1. The molecule has 0 aromatic carbocycles. The molecule has 0 bridgehead atoms. The van der Waals surface area contributed by atoms with Crippen molar-refractivity contribution < 1.29 is 8.42 Å². The molecule has 20 heavy (non-hydrogen) atoms. The molecule has 3 N–H and O–H groups in total. The average molecular weight is 304 g/mol. The van der Waals surface area contributed by atoms with Crippen molar-refractivity contribution in [3.8, 4) is 0 Å². The first-order valence-electron chi connectivity index (χ1n) is 7.09. The smallest absolute Gasteiger partial charge is 0.214 e. The van der Waals surface area contributed by atoms with E-state index in [-0.39, 0.29) is 23.0 Å². The van der Waals surface area contributed by atoms with Crippen LogP contribution in [0.2, 0.25) is 0 Å². The summed E-state index contributed by atoms with van der Waals surface area (Å²) in [5.41, 5.74) is 5.52. The molecule has 1 rings (SSSR count). The van der Waals surface area contributed by atoms with E-state index in [1.54, 1.807) is 4.31 Å². The van der Waals surface area contributed by atoms with Gasteiger partial charge in [-0.05, 0) is 18.8 Å². The van der Waals surface area contributed by atoms with Crippen LogP contribution in [0.25, 0.3) is 0 Å². The molecule has 1 aliphatic rings. The fourth-order valence-electron chi connectivity index (χ4n) is 2.13. The Balaban J connectivity index is 2.54. The van der Waals surface area contributed by atoms with E-state index in [0.29, 0.717) is 32.6 Å². The molecule has 7 heteroatoms. The molecular formula is C13H28N4O2S. The summed E-state index contributed by atoms with van der Waals surface area (Å²) in [5.74, 6) is 0.340. The Morgan fingerprint density at radius 2 is 1.75 bits per heavy atom. The summed E-state index contributed by atoms with van der Waals surface area (Å²) in [7, 11) is -3.16. The normalized spacial score (nSPS) is 20.8. The zero-order chi connectivity index (χ0) is 15.6. The molecule has 1 fully saturated rings. The standard InChI is InChI=1S/C13H28N4O2S/c1-11(12(14)15)16-6-8-17(9-7-16)20(18,19)10-5-13(2,3)4/h11H,5-10H2,1-4H3,(H3,14,15). The van der Waals surface area contributed by atoms with Gasteiger partial charge in [-0.2, -0.15) is 4.31 Å². The van der Waals surface area contributed by atoms with Gasteiger partial charge >= 0.3 is 0 Å². The summed E-state index contributed by atoms with van der Waals surface area (Å²) >= 11 is 0. The molecule has 6 nitrogen and oxygen atoms in total. The van der Waals surface area contributed by atoms with Crippen LogP contribution in [-0.2, 0) is 10.0 Å². The minimum absolute atomic E-state index is 0.0258. The van der Waals surface area contributed by atoms with Gasteiger partial charge in [0.2, 0.25) is 10.0 Å². The Kier molecular flexibility index (Phi) is 5.57. The van der Waals surface area contributed by atoms with Crippen molar-refractivity contribution in [3.63, 3.8) is 0 Å². The van der Waals surface area contributed by atoms with Crippen molar-refractivity contribution in [2.45, 2.75) is 40.2 Å². The topological polar surface area (TPSA) is 90.5 Å². The Hall–Kier alpha value is -0.660. The molecular weight excluding hydrogens is 276 g/mol. The SMILES string of the molecule is CC(C(=N)N)N1CCN(S(=O)(=O)CCC(C)(C)C)CC1. The van der Waals surface area contributed by atoms with E-state index in [9.17, 15) is 8.42 Å². The summed E-state index contributed by atoms with van der Waals surface area (Å²) in [6.45, 7) is 10.3. The Morgan fingerprint density at radius 3 is 2.15 bits per heavy atom. The maximum atomic E-state index is 12.3. The summed E-state index contributed by atoms with van der Waals surface area (Å²) < 4.78 is 26.1. The quantitative estimate of drug-likeness (QED) is 0.578. The fraction of sp³-hybridized carbons (Fsp3) is 0.923. The molecule has 118 valence electrons. The minimum atomic E-state index is -3.16. The number of rotatable bonds is 5. The summed E-state index contributed by atoms with van der Waals surface area (Å²) in [5, 5.41) is 7.45. The van der Waals surface area contributed by atoms with Crippen LogP contribution in [0, 0.1) is 10.8 Å². The van der Waals surface area contributed by atoms with Crippen LogP contribution in [0.15, 0.2) is 0 Å². The average Bonchev–Trinajstić information content (AvgIpc) is 2.35. The summed E-state index contributed by atoms with van der Waals surface area (Å²) in [6.07, 6.45) is 0.666. The van der Waals surface area contributed by atoms with Crippen molar-refractivity contribution in [2.24, 2.45) is 11.1 Å². The first-order chi connectivity index (χ1) is 9.03. The maximum Gasteiger partial charge on any atom is 0.214 e. The van der Waals surface area contributed by atoms with E-state index in [4.69, 9.17) is 11.1 Å². The number of nitrogens with two attached hydrogens (primary N) is 1. The highest BCUT2D eigenvalue weighted by molar-refractivity contribution is 7.89. The molecule has 1 unspecified atom stereocenters. The number of nitrogens with one attached hydrogen (secondary N) is 1. The molecule has 1 heterocycles. The lowest BCUT2D eigenvalue weighted by molar-refractivity contribution is 0.173. The molecule has 0 spiro atoms. The highest BCUT2D eigenvalue weighted by atomic mass is 32.2. The van der Waals surface area contributed by atoms with Crippen LogP contribution in [0.4, 0.5) is 0 Å². The lowest BCUT2D eigenvalue weighted by atomic mass is 9.94. The number of hydrogen-bond acceptors (Lipinski definition) is 4. The number of hydrogen-bond donors (Lipinski definition) is 2. The third-order valence-electron chi connectivity index (χ3n) is 3.77. The number of sulfonamides is 1. The predicted molar refractivity (Wildman–Crippen MR) is 82.4 cm³/mol. The maximum absolute atomic E-state index is 12.3. The first-order valence-corrected chi connectivity index (χ1v) is 8.70. The van der Waals surface area contributed by atoms with Gasteiger partial charge in [0.25, 0.3) is 0 Å². The van der Waals surface area contributed by atoms with E-state index in [0.717, 1.165) is 0 Å². The number of amidine groups is 1. The van der Waals surface area contributed by atoms with Gasteiger partial charge in [-0.15, -0.1) is 0 Å². The fourth-order valence-corrected chi connectivity index (χ4v) is 3.98. The third kappa shape index (κ3) is 5.03. The molecule has 0 aromatic heterocycles. The van der Waals surface area contributed by atoms with E-state index < -0.39 is 10.0 Å². The Bertz CT molecular complexity index is 434. The first kappa shape index (κ1) is 17.4. The molecule has 0 aliphatic carbocycles. The van der Waals surface area contributed by atoms with Gasteiger partial charge in [0.05, 0.1) is 11.8 Å². The van der Waals surface area contributed by atoms with Crippen molar-refractivity contribution in [1.82, 2.24) is 9.21 Å². The largest absolute Gasteiger partial charge is 0.386 e.